The van der Waals surface area contributed by atoms with Crippen LogP contribution >= 0.6 is 22.7 Å². The second-order valence-corrected chi connectivity index (χ2v) is 6.62. The molecule has 0 bridgehead atoms. The Morgan fingerprint density at radius 3 is 2.86 bits per heavy atom. The maximum atomic E-state index is 12.1. The van der Waals surface area contributed by atoms with Crippen molar-refractivity contribution in [3.8, 4) is 0 Å². The van der Waals surface area contributed by atoms with Gasteiger partial charge in [-0.25, -0.2) is 9.78 Å². The molecule has 2 aromatic heterocycles. The monoisotopic (exact) mass is 322 g/mol. The number of hydrogen-bond donors (Lipinski definition) is 2. The summed E-state index contributed by atoms with van der Waals surface area (Å²) in [6.45, 7) is 3.85. The zero-order chi connectivity index (χ0) is 15.4. The first-order valence-corrected chi connectivity index (χ1v) is 7.88. The normalized spacial score (nSPS) is 12.5. The van der Waals surface area contributed by atoms with Gasteiger partial charge in [-0.2, -0.15) is 0 Å². The zero-order valence-corrected chi connectivity index (χ0v) is 13.1. The van der Waals surface area contributed by atoms with Gasteiger partial charge in [-0.3, -0.25) is 4.79 Å². The Morgan fingerprint density at radius 1 is 1.48 bits per heavy atom. The molecule has 1 amide bonds. The van der Waals surface area contributed by atoms with E-state index in [4.69, 9.17) is 5.11 Å². The first-order valence-electron chi connectivity index (χ1n) is 6.18. The summed E-state index contributed by atoms with van der Waals surface area (Å²) in [4.78, 5) is 28.6. The number of aromatic nitrogens is 1. The minimum absolute atomic E-state index is 0.158. The lowest BCUT2D eigenvalue weighted by Crippen LogP contribution is -2.26. The van der Waals surface area contributed by atoms with Crippen molar-refractivity contribution >= 4 is 40.6 Å². The number of thiophene rings is 1. The molecule has 0 aliphatic heterocycles. The number of rotatable bonds is 5. The summed E-state index contributed by atoms with van der Waals surface area (Å²) in [5.41, 5.74) is 0.519. The summed E-state index contributed by atoms with van der Waals surface area (Å²) in [5.74, 6) is -1.20. The molecule has 110 valence electrons. The van der Waals surface area contributed by atoms with Crippen molar-refractivity contribution in [3.63, 3.8) is 0 Å². The van der Waals surface area contributed by atoms with E-state index in [1.165, 1.54) is 17.4 Å². The van der Waals surface area contributed by atoms with Crippen LogP contribution in [0.1, 0.15) is 38.1 Å². The van der Waals surface area contributed by atoms with Crippen molar-refractivity contribution in [2.24, 2.45) is 0 Å². The summed E-state index contributed by atoms with van der Waals surface area (Å²) in [7, 11) is 0. The van der Waals surface area contributed by atoms with Crippen LogP contribution in [0.25, 0.3) is 6.08 Å². The molecular formula is C14H14N2O3S2. The number of hydrogen-bond acceptors (Lipinski definition) is 5. The van der Waals surface area contributed by atoms with E-state index in [9.17, 15) is 9.59 Å². The van der Waals surface area contributed by atoms with Crippen LogP contribution in [0.3, 0.4) is 0 Å². The molecule has 2 rings (SSSR count). The first kappa shape index (κ1) is 15.4. The fourth-order valence-electron chi connectivity index (χ4n) is 1.63. The summed E-state index contributed by atoms with van der Waals surface area (Å²) >= 11 is 2.87. The van der Waals surface area contributed by atoms with E-state index in [1.54, 1.807) is 29.0 Å². The number of nitrogens with one attached hydrogen (secondary N) is 1. The molecule has 0 fully saturated rings. The minimum atomic E-state index is -1.01. The maximum Gasteiger partial charge on any atom is 0.328 e. The van der Waals surface area contributed by atoms with Gasteiger partial charge in [-0.05, 0) is 26.0 Å². The second kappa shape index (κ2) is 6.64. The zero-order valence-electron chi connectivity index (χ0n) is 11.5. The smallest absolute Gasteiger partial charge is 0.328 e. The molecule has 0 aliphatic rings. The van der Waals surface area contributed by atoms with Gasteiger partial charge in [0.2, 0.25) is 0 Å². The molecule has 2 N–H and O–H groups in total. The Hall–Kier alpha value is -1.99. The molecule has 0 spiro atoms. The lowest BCUT2D eigenvalue weighted by Gasteiger charge is -2.10. The molecule has 2 aromatic rings. The van der Waals surface area contributed by atoms with E-state index in [1.807, 2.05) is 13.8 Å². The van der Waals surface area contributed by atoms with Crippen LogP contribution in [0.5, 0.6) is 0 Å². The molecule has 5 nitrogen and oxygen atoms in total. The quantitative estimate of drug-likeness (QED) is 0.829. The Kier molecular flexibility index (Phi) is 4.87. The average Bonchev–Trinajstić information content (AvgIpc) is 3.05. The van der Waals surface area contributed by atoms with E-state index >= 15 is 0 Å². The predicted molar refractivity (Wildman–Crippen MR) is 83.7 cm³/mol. The average molecular weight is 322 g/mol. The van der Waals surface area contributed by atoms with Crippen LogP contribution in [0.15, 0.2) is 23.7 Å². The third kappa shape index (κ3) is 4.24. The third-order valence-electron chi connectivity index (χ3n) is 2.63. The number of carbonyl (C=O) groups is 2. The fraction of sp³-hybridized carbons (Fsp3) is 0.214. The van der Waals surface area contributed by atoms with Crippen LogP contribution in [-0.2, 0) is 4.79 Å². The number of carbonyl (C=O) groups excluding carboxylic acids is 1. The van der Waals surface area contributed by atoms with Crippen molar-refractivity contribution in [1.29, 1.82) is 0 Å². The standard InChI is InChI=1S/C14H14N2O3S2/c1-8-6-15-14(21-8)9(2)16-13(19)10-5-11(20-7-10)3-4-12(17)18/h3-7,9H,1-2H3,(H,16,19)(H,17,18)/b4-3+. The van der Waals surface area contributed by atoms with Crippen LogP contribution in [-0.4, -0.2) is 22.0 Å². The lowest BCUT2D eigenvalue weighted by molar-refractivity contribution is -0.131. The van der Waals surface area contributed by atoms with Gasteiger partial charge in [0, 0.05) is 27.4 Å². The second-order valence-electron chi connectivity index (χ2n) is 4.41. The minimum Gasteiger partial charge on any atom is -0.478 e. The molecular weight excluding hydrogens is 308 g/mol. The highest BCUT2D eigenvalue weighted by Gasteiger charge is 2.15. The van der Waals surface area contributed by atoms with E-state index in [-0.39, 0.29) is 11.9 Å². The summed E-state index contributed by atoms with van der Waals surface area (Å²) in [6.07, 6.45) is 4.30. The molecule has 2 heterocycles. The number of aliphatic carboxylic acids is 1. The highest BCUT2D eigenvalue weighted by Crippen LogP contribution is 2.21. The Labute approximate surface area is 130 Å². The lowest BCUT2D eigenvalue weighted by atomic mass is 10.2. The Balaban J connectivity index is 2.02. The largest absolute Gasteiger partial charge is 0.478 e. The maximum absolute atomic E-state index is 12.1. The Morgan fingerprint density at radius 2 is 2.24 bits per heavy atom. The molecule has 0 saturated carbocycles. The Bertz CT molecular complexity index is 688. The van der Waals surface area contributed by atoms with Crippen LogP contribution in [0.4, 0.5) is 0 Å². The van der Waals surface area contributed by atoms with Gasteiger partial charge in [0.05, 0.1) is 11.6 Å². The topological polar surface area (TPSA) is 79.3 Å². The van der Waals surface area contributed by atoms with Crippen LogP contribution in [0.2, 0.25) is 0 Å². The molecule has 1 atom stereocenters. The predicted octanol–water partition coefficient (Wildman–Crippen LogP) is 3.10. The van der Waals surface area contributed by atoms with E-state index < -0.39 is 5.97 Å². The summed E-state index contributed by atoms with van der Waals surface area (Å²) < 4.78 is 0. The van der Waals surface area contributed by atoms with Gasteiger partial charge in [0.25, 0.3) is 5.91 Å². The summed E-state index contributed by atoms with van der Waals surface area (Å²) in [5, 5.41) is 14.0. The van der Waals surface area contributed by atoms with E-state index in [0.29, 0.717) is 5.56 Å². The number of thiazole rings is 1. The third-order valence-corrected chi connectivity index (χ3v) is 4.62. The van der Waals surface area contributed by atoms with Crippen molar-refractivity contribution in [2.75, 3.05) is 0 Å². The molecule has 1 unspecified atom stereocenters. The van der Waals surface area contributed by atoms with Gasteiger partial charge < -0.3 is 10.4 Å². The molecule has 7 heteroatoms. The number of amides is 1. The highest BCUT2D eigenvalue weighted by atomic mass is 32.1. The number of aryl methyl sites for hydroxylation is 1. The number of carboxylic acids is 1. The van der Waals surface area contributed by atoms with E-state index in [2.05, 4.69) is 10.3 Å². The molecule has 0 radical (unpaired) electrons. The first-order chi connectivity index (χ1) is 9.95. The number of carboxylic acid groups (broad SMARTS) is 1. The summed E-state index contributed by atoms with van der Waals surface area (Å²) in [6, 6.07) is 1.51. The van der Waals surface area contributed by atoms with Crippen molar-refractivity contribution < 1.29 is 14.7 Å². The van der Waals surface area contributed by atoms with Gasteiger partial charge in [0.1, 0.15) is 5.01 Å². The fourth-order valence-corrected chi connectivity index (χ4v) is 3.18. The van der Waals surface area contributed by atoms with Crippen molar-refractivity contribution in [2.45, 2.75) is 19.9 Å². The van der Waals surface area contributed by atoms with Crippen LogP contribution in [0, 0.1) is 6.92 Å². The van der Waals surface area contributed by atoms with Gasteiger partial charge in [-0.1, -0.05) is 0 Å². The van der Waals surface area contributed by atoms with Gasteiger partial charge in [-0.15, -0.1) is 22.7 Å². The van der Waals surface area contributed by atoms with Crippen molar-refractivity contribution in [3.05, 3.63) is 44.0 Å². The van der Waals surface area contributed by atoms with Gasteiger partial charge in [0.15, 0.2) is 0 Å². The van der Waals surface area contributed by atoms with Crippen molar-refractivity contribution in [1.82, 2.24) is 10.3 Å². The molecule has 21 heavy (non-hydrogen) atoms. The SMILES string of the molecule is Cc1cnc(C(C)NC(=O)c2csc(/C=C/C(=O)O)c2)s1. The molecule has 0 aliphatic carbocycles. The molecule has 0 aromatic carbocycles. The number of nitrogens with zero attached hydrogens (tertiary/aromatic N) is 1. The molecule has 0 saturated heterocycles. The highest BCUT2D eigenvalue weighted by molar-refractivity contribution is 7.11. The van der Waals surface area contributed by atoms with Gasteiger partial charge >= 0.3 is 5.97 Å². The van der Waals surface area contributed by atoms with E-state index in [0.717, 1.165) is 20.8 Å². The van der Waals surface area contributed by atoms with Crippen LogP contribution < -0.4 is 5.32 Å².